The molecule has 2 heteroatoms. The first-order chi connectivity index (χ1) is 5.75. The lowest BCUT2D eigenvalue weighted by atomic mass is 10.1. The number of hydrogen-bond donors (Lipinski definition) is 1. The molecule has 1 aliphatic heterocycles. The van der Waals surface area contributed by atoms with Crippen LogP contribution in [0, 0.1) is 6.92 Å². The number of anilines is 1. The minimum atomic E-state index is 0.694. The summed E-state index contributed by atoms with van der Waals surface area (Å²) in [5.74, 6) is 0. The topological polar surface area (TPSA) is 12.0 Å². The Labute approximate surface area is 77.7 Å². The predicted molar refractivity (Wildman–Crippen MR) is 55.6 cm³/mol. The first-order valence-electron chi connectivity index (χ1n) is 4.27. The van der Waals surface area contributed by atoms with Gasteiger partial charge in [0.05, 0.1) is 0 Å². The van der Waals surface area contributed by atoms with Gasteiger partial charge in [-0.05, 0) is 36.9 Å². The van der Waals surface area contributed by atoms with Crippen LogP contribution in [-0.4, -0.2) is 5.25 Å². The van der Waals surface area contributed by atoms with Crippen LogP contribution < -0.4 is 4.72 Å². The molecule has 0 spiro atoms. The molecule has 64 valence electrons. The van der Waals surface area contributed by atoms with E-state index in [1.807, 2.05) is 11.9 Å². The summed E-state index contributed by atoms with van der Waals surface area (Å²) in [4.78, 5) is 0. The Morgan fingerprint density at radius 3 is 3.17 bits per heavy atom. The highest BCUT2D eigenvalue weighted by Gasteiger charge is 2.14. The zero-order valence-corrected chi connectivity index (χ0v) is 8.24. The summed E-state index contributed by atoms with van der Waals surface area (Å²) >= 11 is 1.82. The Kier molecular flexibility index (Phi) is 2.01. The van der Waals surface area contributed by atoms with Crippen molar-refractivity contribution >= 4 is 17.6 Å². The third-order valence-electron chi connectivity index (χ3n) is 2.14. The normalized spacial score (nSPS) is 21.3. The molecule has 0 aliphatic carbocycles. The summed E-state index contributed by atoms with van der Waals surface area (Å²) in [7, 11) is 0. The highest BCUT2D eigenvalue weighted by molar-refractivity contribution is 8.01. The maximum Gasteiger partial charge on any atom is 0.0472 e. The Balaban J connectivity index is 2.37. The van der Waals surface area contributed by atoms with Crippen molar-refractivity contribution in [1.82, 2.24) is 0 Å². The van der Waals surface area contributed by atoms with Gasteiger partial charge < -0.3 is 4.72 Å². The highest BCUT2D eigenvalue weighted by Crippen LogP contribution is 2.30. The van der Waals surface area contributed by atoms with E-state index in [1.165, 1.54) is 23.2 Å². The first-order valence-corrected chi connectivity index (χ1v) is 5.15. The molecule has 1 N–H and O–H groups in total. The van der Waals surface area contributed by atoms with Gasteiger partial charge >= 0.3 is 0 Å². The van der Waals surface area contributed by atoms with E-state index in [4.69, 9.17) is 0 Å². The standard InChI is InChI=1S/C10H13NS/c1-7-3-4-10-9(5-7)6-8(2)12-11-10/h3-5,8,11H,6H2,1-2H3/t8-/m1/s1. The summed E-state index contributed by atoms with van der Waals surface area (Å²) in [6, 6.07) is 6.60. The molecule has 1 aromatic carbocycles. The van der Waals surface area contributed by atoms with Gasteiger partial charge in [-0.15, -0.1) is 0 Å². The van der Waals surface area contributed by atoms with Crippen molar-refractivity contribution in [2.45, 2.75) is 25.5 Å². The van der Waals surface area contributed by atoms with Gasteiger partial charge in [-0.25, -0.2) is 0 Å². The summed E-state index contributed by atoms with van der Waals surface area (Å²) in [5.41, 5.74) is 4.11. The van der Waals surface area contributed by atoms with Crippen LogP contribution in [0.3, 0.4) is 0 Å². The van der Waals surface area contributed by atoms with Crippen LogP contribution >= 0.6 is 11.9 Å². The lowest BCUT2D eigenvalue weighted by molar-refractivity contribution is 0.936. The molecule has 0 bridgehead atoms. The zero-order chi connectivity index (χ0) is 8.55. The SMILES string of the molecule is Cc1ccc2c(c1)C[C@@H](C)SN2. The monoisotopic (exact) mass is 179 g/mol. The van der Waals surface area contributed by atoms with Crippen LogP contribution in [0.25, 0.3) is 0 Å². The molecule has 0 saturated heterocycles. The summed E-state index contributed by atoms with van der Waals surface area (Å²) in [6.07, 6.45) is 1.19. The van der Waals surface area contributed by atoms with E-state index in [1.54, 1.807) is 0 Å². The van der Waals surface area contributed by atoms with Gasteiger partial charge in [-0.1, -0.05) is 24.6 Å². The highest BCUT2D eigenvalue weighted by atomic mass is 32.2. The number of nitrogens with one attached hydrogen (secondary N) is 1. The van der Waals surface area contributed by atoms with Crippen LogP contribution in [0.4, 0.5) is 5.69 Å². The van der Waals surface area contributed by atoms with E-state index >= 15 is 0 Å². The van der Waals surface area contributed by atoms with Gasteiger partial charge in [0.2, 0.25) is 0 Å². The van der Waals surface area contributed by atoms with E-state index in [0.29, 0.717) is 5.25 Å². The van der Waals surface area contributed by atoms with E-state index < -0.39 is 0 Å². The minimum Gasteiger partial charge on any atom is -0.329 e. The van der Waals surface area contributed by atoms with Crippen molar-refractivity contribution in [1.29, 1.82) is 0 Å². The van der Waals surface area contributed by atoms with Crippen LogP contribution in [0.1, 0.15) is 18.1 Å². The van der Waals surface area contributed by atoms with Crippen LogP contribution in [-0.2, 0) is 6.42 Å². The Bertz CT molecular complexity index is 296. The quantitative estimate of drug-likeness (QED) is 0.614. The van der Waals surface area contributed by atoms with Gasteiger partial charge in [-0.2, -0.15) is 0 Å². The Hall–Kier alpha value is -0.630. The lowest BCUT2D eigenvalue weighted by Crippen LogP contribution is -2.12. The van der Waals surface area contributed by atoms with Crippen LogP contribution in [0.5, 0.6) is 0 Å². The molecule has 1 nitrogen and oxygen atoms in total. The summed E-state index contributed by atoms with van der Waals surface area (Å²) in [5, 5.41) is 0.694. The maximum absolute atomic E-state index is 3.36. The van der Waals surface area contributed by atoms with Crippen molar-refractivity contribution < 1.29 is 0 Å². The summed E-state index contributed by atoms with van der Waals surface area (Å²) in [6.45, 7) is 4.40. The van der Waals surface area contributed by atoms with Crippen LogP contribution in [0.15, 0.2) is 18.2 Å². The van der Waals surface area contributed by atoms with Crippen molar-refractivity contribution in [3.05, 3.63) is 29.3 Å². The number of benzene rings is 1. The molecule has 0 saturated carbocycles. The third kappa shape index (κ3) is 1.44. The molecule has 0 aromatic heterocycles. The van der Waals surface area contributed by atoms with E-state index in [9.17, 15) is 0 Å². The van der Waals surface area contributed by atoms with Crippen molar-refractivity contribution in [2.75, 3.05) is 4.72 Å². The third-order valence-corrected chi connectivity index (χ3v) is 3.04. The summed E-state index contributed by atoms with van der Waals surface area (Å²) < 4.78 is 3.36. The fourth-order valence-corrected chi connectivity index (χ4v) is 2.30. The fraction of sp³-hybridized carbons (Fsp3) is 0.400. The zero-order valence-electron chi connectivity index (χ0n) is 7.42. The minimum absolute atomic E-state index is 0.694. The average molecular weight is 179 g/mol. The Morgan fingerprint density at radius 1 is 1.50 bits per heavy atom. The second-order valence-electron chi connectivity index (χ2n) is 3.40. The van der Waals surface area contributed by atoms with Crippen LogP contribution in [0.2, 0.25) is 0 Å². The second-order valence-corrected chi connectivity index (χ2v) is 4.64. The number of aryl methyl sites for hydroxylation is 1. The molecule has 2 rings (SSSR count). The molecule has 1 heterocycles. The number of hydrogen-bond acceptors (Lipinski definition) is 2. The van der Waals surface area contributed by atoms with E-state index in [2.05, 4.69) is 36.8 Å². The predicted octanol–water partition coefficient (Wildman–Crippen LogP) is 3.00. The van der Waals surface area contributed by atoms with Gasteiger partial charge in [0, 0.05) is 10.9 Å². The Morgan fingerprint density at radius 2 is 2.33 bits per heavy atom. The molecule has 1 aromatic rings. The van der Waals surface area contributed by atoms with Crippen molar-refractivity contribution in [2.24, 2.45) is 0 Å². The molecule has 0 amide bonds. The maximum atomic E-state index is 3.36. The van der Waals surface area contributed by atoms with Crippen molar-refractivity contribution in [3.8, 4) is 0 Å². The molecule has 1 atom stereocenters. The van der Waals surface area contributed by atoms with Gasteiger partial charge in [0.25, 0.3) is 0 Å². The van der Waals surface area contributed by atoms with Crippen molar-refractivity contribution in [3.63, 3.8) is 0 Å². The molecular weight excluding hydrogens is 166 g/mol. The van der Waals surface area contributed by atoms with Gasteiger partial charge in [0.1, 0.15) is 0 Å². The molecule has 0 unspecified atom stereocenters. The molecule has 0 fully saturated rings. The van der Waals surface area contributed by atoms with Gasteiger partial charge in [0.15, 0.2) is 0 Å². The molecular formula is C10H13NS. The second kappa shape index (κ2) is 3.02. The smallest absolute Gasteiger partial charge is 0.0472 e. The first kappa shape index (κ1) is 7.99. The molecule has 12 heavy (non-hydrogen) atoms. The number of fused-ring (bicyclic) bond motifs is 1. The van der Waals surface area contributed by atoms with E-state index in [0.717, 1.165) is 0 Å². The fourth-order valence-electron chi connectivity index (χ4n) is 1.51. The number of rotatable bonds is 0. The van der Waals surface area contributed by atoms with E-state index in [-0.39, 0.29) is 0 Å². The lowest BCUT2D eigenvalue weighted by Gasteiger charge is -2.22. The molecule has 1 aliphatic rings. The van der Waals surface area contributed by atoms with Gasteiger partial charge in [-0.3, -0.25) is 0 Å². The largest absolute Gasteiger partial charge is 0.329 e. The average Bonchev–Trinajstić information content (AvgIpc) is 2.03. The molecule has 0 radical (unpaired) electrons.